The number of nitrogens with zero attached hydrogens (tertiary/aromatic N) is 2. The minimum atomic E-state index is 0.786. The van der Waals surface area contributed by atoms with E-state index in [1.54, 1.807) is 0 Å². The Hall–Kier alpha value is -0.550. The molecule has 1 rings (SSSR count). The first-order valence-electron chi connectivity index (χ1n) is 3.97. The van der Waals surface area contributed by atoms with Gasteiger partial charge in [-0.05, 0) is 25.0 Å². The number of aromatic nitrogens is 3. The van der Waals surface area contributed by atoms with E-state index in [2.05, 4.69) is 26.8 Å². The highest BCUT2D eigenvalue weighted by Gasteiger charge is 1.92. The van der Waals surface area contributed by atoms with Crippen LogP contribution in [0.5, 0.6) is 0 Å². The summed E-state index contributed by atoms with van der Waals surface area (Å²) >= 11 is 1.87. The standard InChI is InChI=1S/C7H14N4S/c1-12-4-2-3-8-5-7-9-6-10-11-7/h6,8H,2-5H2,1H3,(H,9,10,11). The van der Waals surface area contributed by atoms with Gasteiger partial charge >= 0.3 is 0 Å². The van der Waals surface area contributed by atoms with E-state index in [1.165, 1.54) is 18.5 Å². The first kappa shape index (κ1) is 9.54. The first-order valence-corrected chi connectivity index (χ1v) is 5.37. The van der Waals surface area contributed by atoms with Gasteiger partial charge in [0.15, 0.2) is 0 Å². The third-order valence-corrected chi connectivity index (χ3v) is 2.16. The van der Waals surface area contributed by atoms with E-state index in [9.17, 15) is 0 Å². The summed E-state index contributed by atoms with van der Waals surface area (Å²) in [7, 11) is 0. The third-order valence-electron chi connectivity index (χ3n) is 1.46. The lowest BCUT2D eigenvalue weighted by Gasteiger charge is -1.99. The molecule has 1 aromatic rings. The Bertz CT molecular complexity index is 187. The van der Waals surface area contributed by atoms with Crippen LogP contribution in [0.3, 0.4) is 0 Å². The highest BCUT2D eigenvalue weighted by Crippen LogP contribution is 1.93. The van der Waals surface area contributed by atoms with Gasteiger partial charge in [0.25, 0.3) is 0 Å². The molecule has 0 aliphatic carbocycles. The second kappa shape index (κ2) is 6.02. The number of aromatic amines is 1. The summed E-state index contributed by atoms with van der Waals surface area (Å²) in [4.78, 5) is 4.00. The summed E-state index contributed by atoms with van der Waals surface area (Å²) in [5.74, 6) is 2.11. The monoisotopic (exact) mass is 186 g/mol. The van der Waals surface area contributed by atoms with Gasteiger partial charge in [0.05, 0.1) is 6.54 Å². The molecule has 0 fully saturated rings. The van der Waals surface area contributed by atoms with Gasteiger partial charge in [0.1, 0.15) is 12.2 Å². The molecule has 1 aromatic heterocycles. The predicted octanol–water partition coefficient (Wildman–Crippen LogP) is 0.647. The van der Waals surface area contributed by atoms with Gasteiger partial charge in [-0.25, -0.2) is 4.98 Å². The van der Waals surface area contributed by atoms with Crippen molar-refractivity contribution in [3.05, 3.63) is 12.2 Å². The van der Waals surface area contributed by atoms with Crippen LogP contribution in [0.15, 0.2) is 6.33 Å². The average molecular weight is 186 g/mol. The highest BCUT2D eigenvalue weighted by atomic mass is 32.2. The van der Waals surface area contributed by atoms with Crippen molar-refractivity contribution in [3.8, 4) is 0 Å². The van der Waals surface area contributed by atoms with Crippen molar-refractivity contribution in [3.63, 3.8) is 0 Å². The van der Waals surface area contributed by atoms with Gasteiger partial charge < -0.3 is 5.32 Å². The Morgan fingerprint density at radius 3 is 3.25 bits per heavy atom. The van der Waals surface area contributed by atoms with E-state index in [4.69, 9.17) is 0 Å². The first-order chi connectivity index (χ1) is 5.93. The second-order valence-corrected chi connectivity index (χ2v) is 3.44. The lowest BCUT2D eigenvalue weighted by molar-refractivity contribution is 0.655. The lowest BCUT2D eigenvalue weighted by Crippen LogP contribution is -2.16. The van der Waals surface area contributed by atoms with Crippen LogP contribution in [0.1, 0.15) is 12.2 Å². The van der Waals surface area contributed by atoms with Crippen LogP contribution in [-0.4, -0.2) is 33.7 Å². The van der Waals surface area contributed by atoms with E-state index in [0.717, 1.165) is 18.9 Å². The van der Waals surface area contributed by atoms with Crippen molar-refractivity contribution < 1.29 is 0 Å². The molecule has 0 aromatic carbocycles. The topological polar surface area (TPSA) is 53.6 Å². The lowest BCUT2D eigenvalue weighted by atomic mass is 10.4. The van der Waals surface area contributed by atoms with E-state index in [1.807, 2.05) is 11.8 Å². The van der Waals surface area contributed by atoms with Crippen molar-refractivity contribution in [2.45, 2.75) is 13.0 Å². The number of H-pyrrole nitrogens is 1. The molecule has 12 heavy (non-hydrogen) atoms. The van der Waals surface area contributed by atoms with Gasteiger partial charge in [-0.3, -0.25) is 5.10 Å². The van der Waals surface area contributed by atoms with Gasteiger partial charge in [-0.15, -0.1) is 0 Å². The maximum Gasteiger partial charge on any atom is 0.138 e. The van der Waals surface area contributed by atoms with Crippen molar-refractivity contribution in [1.82, 2.24) is 20.5 Å². The number of hydrogen-bond acceptors (Lipinski definition) is 4. The van der Waals surface area contributed by atoms with Crippen LogP contribution in [0.2, 0.25) is 0 Å². The van der Waals surface area contributed by atoms with Gasteiger partial charge in [-0.1, -0.05) is 0 Å². The van der Waals surface area contributed by atoms with Gasteiger partial charge in [0, 0.05) is 0 Å². The molecule has 0 aliphatic heterocycles. The van der Waals surface area contributed by atoms with Crippen molar-refractivity contribution in [2.75, 3.05) is 18.6 Å². The zero-order valence-corrected chi connectivity index (χ0v) is 8.02. The Balaban J connectivity index is 1.96. The molecule has 0 aliphatic rings. The molecule has 0 unspecified atom stereocenters. The SMILES string of the molecule is CSCCCNCc1ncn[nH]1. The molecule has 68 valence electrons. The van der Waals surface area contributed by atoms with Crippen LogP contribution in [0.4, 0.5) is 0 Å². The van der Waals surface area contributed by atoms with Gasteiger partial charge in [-0.2, -0.15) is 16.9 Å². The number of nitrogens with one attached hydrogen (secondary N) is 2. The summed E-state index contributed by atoms with van der Waals surface area (Å²) in [5, 5.41) is 9.83. The maximum absolute atomic E-state index is 4.00. The fourth-order valence-corrected chi connectivity index (χ4v) is 1.30. The Labute approximate surface area is 76.5 Å². The molecule has 1 heterocycles. The minimum Gasteiger partial charge on any atom is -0.310 e. The van der Waals surface area contributed by atoms with Crippen LogP contribution in [0.25, 0.3) is 0 Å². The quantitative estimate of drug-likeness (QED) is 0.640. The maximum atomic E-state index is 4.00. The number of hydrogen-bond donors (Lipinski definition) is 2. The zero-order chi connectivity index (χ0) is 8.65. The molecule has 2 N–H and O–H groups in total. The molecule has 0 amide bonds. The van der Waals surface area contributed by atoms with Crippen LogP contribution >= 0.6 is 11.8 Å². The average Bonchev–Trinajstić information content (AvgIpc) is 2.57. The van der Waals surface area contributed by atoms with Gasteiger partial charge in [0.2, 0.25) is 0 Å². The fraction of sp³-hybridized carbons (Fsp3) is 0.714. The zero-order valence-electron chi connectivity index (χ0n) is 7.21. The summed E-state index contributed by atoms with van der Waals surface area (Å²) in [6, 6.07) is 0. The van der Waals surface area contributed by atoms with Crippen molar-refractivity contribution in [1.29, 1.82) is 0 Å². The predicted molar refractivity (Wildman–Crippen MR) is 51.1 cm³/mol. The molecular weight excluding hydrogens is 172 g/mol. The summed E-state index contributed by atoms with van der Waals surface area (Å²) in [5.41, 5.74) is 0. The summed E-state index contributed by atoms with van der Waals surface area (Å²) in [6.45, 7) is 1.83. The summed E-state index contributed by atoms with van der Waals surface area (Å²) in [6.07, 6.45) is 4.85. The molecule has 4 nitrogen and oxygen atoms in total. The number of rotatable bonds is 6. The third kappa shape index (κ3) is 3.73. The Kier molecular flexibility index (Phi) is 4.79. The summed E-state index contributed by atoms with van der Waals surface area (Å²) < 4.78 is 0. The van der Waals surface area contributed by atoms with Crippen LogP contribution in [-0.2, 0) is 6.54 Å². The Morgan fingerprint density at radius 2 is 2.58 bits per heavy atom. The normalized spacial score (nSPS) is 10.4. The fourth-order valence-electron chi connectivity index (χ4n) is 0.864. The van der Waals surface area contributed by atoms with E-state index in [-0.39, 0.29) is 0 Å². The largest absolute Gasteiger partial charge is 0.310 e. The van der Waals surface area contributed by atoms with Crippen LogP contribution in [0, 0.1) is 0 Å². The molecule has 0 saturated heterocycles. The molecule has 0 atom stereocenters. The van der Waals surface area contributed by atoms with Crippen molar-refractivity contribution >= 4 is 11.8 Å². The Morgan fingerprint density at radius 1 is 1.67 bits per heavy atom. The molecule has 0 radical (unpaired) electrons. The number of thioether (sulfide) groups is 1. The van der Waals surface area contributed by atoms with E-state index < -0.39 is 0 Å². The molecule has 5 heteroatoms. The molecule has 0 spiro atoms. The van der Waals surface area contributed by atoms with E-state index in [0.29, 0.717) is 0 Å². The highest BCUT2D eigenvalue weighted by molar-refractivity contribution is 7.98. The van der Waals surface area contributed by atoms with Crippen LogP contribution < -0.4 is 5.32 Å². The minimum absolute atomic E-state index is 0.786. The molecule has 0 bridgehead atoms. The molecule has 0 saturated carbocycles. The van der Waals surface area contributed by atoms with E-state index >= 15 is 0 Å². The smallest absolute Gasteiger partial charge is 0.138 e. The molecular formula is C7H14N4S. The van der Waals surface area contributed by atoms with Crippen molar-refractivity contribution in [2.24, 2.45) is 0 Å². The second-order valence-electron chi connectivity index (χ2n) is 2.46.